The third-order valence-electron chi connectivity index (χ3n) is 4.46. The number of nitrogens with one attached hydrogen (secondary N) is 1. The first-order valence-corrected chi connectivity index (χ1v) is 6.28. The largest absolute Gasteiger partial charge is 0.330 e. The van der Waals surface area contributed by atoms with Crippen LogP contribution in [-0.2, 0) is 0 Å². The van der Waals surface area contributed by atoms with Crippen LogP contribution < -0.4 is 11.1 Å². The Labute approximate surface area is 87.6 Å². The highest BCUT2D eigenvalue weighted by atomic mass is 14.9. The zero-order chi connectivity index (χ0) is 9.86. The molecule has 2 rings (SSSR count). The quantitative estimate of drug-likeness (QED) is 0.708. The van der Waals surface area contributed by atoms with Crippen LogP contribution in [0.5, 0.6) is 0 Å². The van der Waals surface area contributed by atoms with Gasteiger partial charge in [-0.2, -0.15) is 0 Å². The second-order valence-corrected chi connectivity index (χ2v) is 5.15. The molecule has 0 aromatic heterocycles. The molecule has 14 heavy (non-hydrogen) atoms. The van der Waals surface area contributed by atoms with Crippen molar-refractivity contribution in [3.8, 4) is 0 Å². The second kappa shape index (κ2) is 4.63. The summed E-state index contributed by atoms with van der Waals surface area (Å²) in [6, 6.07) is 0. The Morgan fingerprint density at radius 3 is 2.29 bits per heavy atom. The Balaban J connectivity index is 2.01. The topological polar surface area (TPSA) is 38.0 Å². The Bertz CT molecular complexity index is 167. The molecule has 0 unspecified atom stereocenters. The lowest BCUT2D eigenvalue weighted by molar-refractivity contribution is 0.0811. The number of rotatable bonds is 2. The summed E-state index contributed by atoms with van der Waals surface area (Å²) in [5.74, 6) is 0.911. The molecule has 1 aliphatic heterocycles. The van der Waals surface area contributed by atoms with Crippen LogP contribution in [0.15, 0.2) is 0 Å². The van der Waals surface area contributed by atoms with E-state index < -0.39 is 0 Å². The van der Waals surface area contributed by atoms with Crippen molar-refractivity contribution in [2.75, 3.05) is 19.6 Å². The van der Waals surface area contributed by atoms with E-state index in [1.54, 1.807) is 0 Å². The van der Waals surface area contributed by atoms with Crippen LogP contribution in [0.2, 0.25) is 0 Å². The van der Waals surface area contributed by atoms with Gasteiger partial charge in [-0.25, -0.2) is 0 Å². The van der Waals surface area contributed by atoms with Crippen LogP contribution >= 0.6 is 0 Å². The SMILES string of the molecule is NCC1(C2CCNCC2)CCCCC1. The fourth-order valence-corrected chi connectivity index (χ4v) is 3.47. The Kier molecular flexibility index (Phi) is 3.45. The minimum atomic E-state index is 0.528. The number of nitrogens with two attached hydrogens (primary N) is 1. The van der Waals surface area contributed by atoms with Gasteiger partial charge in [0.05, 0.1) is 0 Å². The van der Waals surface area contributed by atoms with E-state index in [1.807, 2.05) is 0 Å². The first kappa shape index (κ1) is 10.4. The molecule has 2 fully saturated rings. The van der Waals surface area contributed by atoms with E-state index in [9.17, 15) is 0 Å². The maximum atomic E-state index is 6.05. The molecular weight excluding hydrogens is 172 g/mol. The molecule has 0 spiro atoms. The molecule has 2 heteroatoms. The lowest BCUT2D eigenvalue weighted by atomic mass is 9.63. The number of hydrogen-bond donors (Lipinski definition) is 2. The predicted octanol–water partition coefficient (Wildman–Crippen LogP) is 1.90. The third kappa shape index (κ3) is 1.96. The molecule has 2 aliphatic rings. The second-order valence-electron chi connectivity index (χ2n) is 5.15. The molecule has 1 aliphatic carbocycles. The highest BCUT2D eigenvalue weighted by molar-refractivity contribution is 4.91. The van der Waals surface area contributed by atoms with Crippen molar-refractivity contribution in [3.63, 3.8) is 0 Å². The summed E-state index contributed by atoms with van der Waals surface area (Å²) in [7, 11) is 0. The number of piperidine rings is 1. The lowest BCUT2D eigenvalue weighted by Crippen LogP contribution is -2.44. The summed E-state index contributed by atoms with van der Waals surface area (Å²) in [6.07, 6.45) is 9.78. The average molecular weight is 196 g/mol. The summed E-state index contributed by atoms with van der Waals surface area (Å²) in [5.41, 5.74) is 6.58. The molecule has 1 saturated carbocycles. The van der Waals surface area contributed by atoms with Gasteiger partial charge in [-0.15, -0.1) is 0 Å². The third-order valence-corrected chi connectivity index (χ3v) is 4.46. The summed E-state index contributed by atoms with van der Waals surface area (Å²) in [6.45, 7) is 3.36. The fourth-order valence-electron chi connectivity index (χ4n) is 3.47. The Morgan fingerprint density at radius 2 is 1.71 bits per heavy atom. The highest BCUT2D eigenvalue weighted by Gasteiger charge is 2.38. The van der Waals surface area contributed by atoms with Crippen LogP contribution in [0.1, 0.15) is 44.9 Å². The molecule has 3 N–H and O–H groups in total. The maximum absolute atomic E-state index is 6.05. The average Bonchev–Trinajstić information content (AvgIpc) is 2.31. The van der Waals surface area contributed by atoms with Crippen LogP contribution in [0.4, 0.5) is 0 Å². The van der Waals surface area contributed by atoms with Crippen molar-refractivity contribution in [1.82, 2.24) is 5.32 Å². The van der Waals surface area contributed by atoms with Crippen molar-refractivity contribution in [2.45, 2.75) is 44.9 Å². The number of hydrogen-bond acceptors (Lipinski definition) is 2. The van der Waals surface area contributed by atoms with E-state index in [-0.39, 0.29) is 0 Å². The van der Waals surface area contributed by atoms with E-state index in [1.165, 1.54) is 58.0 Å². The minimum Gasteiger partial charge on any atom is -0.330 e. The van der Waals surface area contributed by atoms with E-state index in [0.717, 1.165) is 12.5 Å². The van der Waals surface area contributed by atoms with E-state index >= 15 is 0 Å². The van der Waals surface area contributed by atoms with Gasteiger partial charge in [0.1, 0.15) is 0 Å². The summed E-state index contributed by atoms with van der Waals surface area (Å²) < 4.78 is 0. The van der Waals surface area contributed by atoms with Gasteiger partial charge in [-0.05, 0) is 56.7 Å². The van der Waals surface area contributed by atoms with Crippen molar-refractivity contribution in [2.24, 2.45) is 17.1 Å². The summed E-state index contributed by atoms with van der Waals surface area (Å²) in [4.78, 5) is 0. The van der Waals surface area contributed by atoms with Gasteiger partial charge in [-0.1, -0.05) is 19.3 Å². The normalized spacial score (nSPS) is 28.9. The van der Waals surface area contributed by atoms with Crippen molar-refractivity contribution < 1.29 is 0 Å². The highest BCUT2D eigenvalue weighted by Crippen LogP contribution is 2.45. The van der Waals surface area contributed by atoms with Gasteiger partial charge in [0.15, 0.2) is 0 Å². The molecule has 0 aromatic rings. The van der Waals surface area contributed by atoms with Gasteiger partial charge in [0.25, 0.3) is 0 Å². The van der Waals surface area contributed by atoms with Gasteiger partial charge in [0.2, 0.25) is 0 Å². The summed E-state index contributed by atoms with van der Waals surface area (Å²) >= 11 is 0. The zero-order valence-corrected chi connectivity index (χ0v) is 9.23. The summed E-state index contributed by atoms with van der Waals surface area (Å²) in [5, 5.41) is 3.45. The van der Waals surface area contributed by atoms with E-state index in [2.05, 4.69) is 5.32 Å². The molecule has 0 bridgehead atoms. The Hall–Kier alpha value is -0.0800. The van der Waals surface area contributed by atoms with Gasteiger partial charge in [-0.3, -0.25) is 0 Å². The van der Waals surface area contributed by atoms with Crippen LogP contribution in [0, 0.1) is 11.3 Å². The van der Waals surface area contributed by atoms with Crippen molar-refractivity contribution in [3.05, 3.63) is 0 Å². The van der Waals surface area contributed by atoms with E-state index in [0.29, 0.717) is 5.41 Å². The molecular formula is C12H24N2. The zero-order valence-electron chi connectivity index (χ0n) is 9.23. The van der Waals surface area contributed by atoms with Crippen molar-refractivity contribution in [1.29, 1.82) is 0 Å². The molecule has 1 heterocycles. The lowest BCUT2D eigenvalue weighted by Gasteiger charge is -2.45. The predicted molar refractivity (Wildman–Crippen MR) is 60.2 cm³/mol. The smallest absolute Gasteiger partial charge is 0.00179 e. The molecule has 1 saturated heterocycles. The Morgan fingerprint density at radius 1 is 1.07 bits per heavy atom. The monoisotopic (exact) mass is 196 g/mol. The van der Waals surface area contributed by atoms with E-state index in [4.69, 9.17) is 5.73 Å². The molecule has 82 valence electrons. The van der Waals surface area contributed by atoms with Gasteiger partial charge < -0.3 is 11.1 Å². The molecule has 0 atom stereocenters. The maximum Gasteiger partial charge on any atom is -0.00179 e. The standard InChI is InChI=1S/C12H24N2/c13-10-12(6-2-1-3-7-12)11-4-8-14-9-5-11/h11,14H,1-10,13H2. The van der Waals surface area contributed by atoms with Crippen LogP contribution in [-0.4, -0.2) is 19.6 Å². The first-order chi connectivity index (χ1) is 6.87. The van der Waals surface area contributed by atoms with Gasteiger partial charge in [0, 0.05) is 0 Å². The minimum absolute atomic E-state index is 0.528. The molecule has 0 radical (unpaired) electrons. The fraction of sp³-hybridized carbons (Fsp3) is 1.00. The van der Waals surface area contributed by atoms with Crippen LogP contribution in [0.3, 0.4) is 0 Å². The van der Waals surface area contributed by atoms with Crippen LogP contribution in [0.25, 0.3) is 0 Å². The van der Waals surface area contributed by atoms with Crippen molar-refractivity contribution >= 4 is 0 Å². The molecule has 0 aromatic carbocycles. The first-order valence-electron chi connectivity index (χ1n) is 6.28. The molecule has 0 amide bonds. The molecule has 2 nitrogen and oxygen atoms in total. The van der Waals surface area contributed by atoms with Gasteiger partial charge >= 0.3 is 0 Å².